The molecule has 106 valence electrons. The second kappa shape index (κ2) is 5.13. The molecule has 2 heteroatoms. The first kappa shape index (κ1) is 13.5. The van der Waals surface area contributed by atoms with E-state index in [1.165, 1.54) is 0 Å². The third-order valence-electron chi connectivity index (χ3n) is 3.92. The van der Waals surface area contributed by atoms with Gasteiger partial charge in [-0.3, -0.25) is 0 Å². The molecule has 0 radical (unpaired) electrons. The van der Waals surface area contributed by atoms with E-state index in [9.17, 15) is 10.2 Å². The van der Waals surface area contributed by atoms with Crippen molar-refractivity contribution in [1.82, 2.24) is 0 Å². The van der Waals surface area contributed by atoms with Crippen LogP contribution in [0.1, 0.15) is 22.3 Å². The highest BCUT2D eigenvalue weighted by Crippen LogP contribution is 2.34. The van der Waals surface area contributed by atoms with Crippen molar-refractivity contribution in [2.75, 3.05) is 0 Å². The lowest BCUT2D eigenvalue weighted by Gasteiger charge is -2.13. The Morgan fingerprint density at radius 1 is 0.905 bits per heavy atom. The van der Waals surface area contributed by atoms with Crippen molar-refractivity contribution in [2.45, 2.75) is 20.3 Å². The smallest absolute Gasteiger partial charge is 0.122 e. The average Bonchev–Trinajstić information content (AvgIpc) is 2.47. The number of benzene rings is 3. The quantitative estimate of drug-likeness (QED) is 0.726. The van der Waals surface area contributed by atoms with Gasteiger partial charge in [-0.2, -0.15) is 0 Å². The zero-order valence-electron chi connectivity index (χ0n) is 12.2. The normalized spacial score (nSPS) is 11.0. The minimum absolute atomic E-state index is 0.269. The number of hydrogen-bond acceptors (Lipinski definition) is 2. The van der Waals surface area contributed by atoms with Crippen LogP contribution in [-0.2, 0) is 6.42 Å². The predicted molar refractivity (Wildman–Crippen MR) is 86.0 cm³/mol. The first-order valence-electron chi connectivity index (χ1n) is 7.05. The SMILES string of the molecule is Cc1ccc(O)c(Cc2c(O)c(C)cc3ccccc23)c1. The number of aromatic hydroxyl groups is 2. The molecule has 0 saturated carbocycles. The summed E-state index contributed by atoms with van der Waals surface area (Å²) >= 11 is 0. The number of aryl methyl sites for hydroxylation is 2. The molecule has 0 aliphatic carbocycles. The van der Waals surface area contributed by atoms with Gasteiger partial charge >= 0.3 is 0 Å². The molecule has 0 aliphatic rings. The fourth-order valence-corrected chi connectivity index (χ4v) is 2.79. The molecular weight excluding hydrogens is 260 g/mol. The fourth-order valence-electron chi connectivity index (χ4n) is 2.79. The van der Waals surface area contributed by atoms with E-state index in [1.807, 2.05) is 56.3 Å². The Kier molecular flexibility index (Phi) is 3.30. The van der Waals surface area contributed by atoms with Gasteiger partial charge in [0.2, 0.25) is 0 Å². The van der Waals surface area contributed by atoms with E-state index < -0.39 is 0 Å². The van der Waals surface area contributed by atoms with E-state index in [0.29, 0.717) is 12.2 Å². The van der Waals surface area contributed by atoms with Gasteiger partial charge in [0, 0.05) is 12.0 Å². The molecule has 0 unspecified atom stereocenters. The lowest BCUT2D eigenvalue weighted by atomic mass is 9.94. The molecule has 3 aromatic rings. The molecular formula is C19H18O2. The zero-order chi connectivity index (χ0) is 15.0. The topological polar surface area (TPSA) is 40.5 Å². The molecule has 0 aromatic heterocycles. The van der Waals surface area contributed by atoms with Crippen molar-refractivity contribution in [3.05, 3.63) is 70.8 Å². The Hall–Kier alpha value is -2.48. The highest BCUT2D eigenvalue weighted by molar-refractivity contribution is 5.89. The van der Waals surface area contributed by atoms with E-state index in [0.717, 1.165) is 33.0 Å². The summed E-state index contributed by atoms with van der Waals surface area (Å²) in [5.41, 5.74) is 3.66. The average molecular weight is 278 g/mol. The summed E-state index contributed by atoms with van der Waals surface area (Å²) in [7, 11) is 0. The van der Waals surface area contributed by atoms with Crippen molar-refractivity contribution >= 4 is 10.8 Å². The summed E-state index contributed by atoms with van der Waals surface area (Å²) in [5.74, 6) is 0.584. The van der Waals surface area contributed by atoms with E-state index >= 15 is 0 Å². The van der Waals surface area contributed by atoms with Crippen LogP contribution >= 0.6 is 0 Å². The van der Waals surface area contributed by atoms with Crippen LogP contribution in [0.5, 0.6) is 11.5 Å². The van der Waals surface area contributed by atoms with Crippen molar-refractivity contribution in [3.8, 4) is 11.5 Å². The molecule has 0 spiro atoms. The van der Waals surface area contributed by atoms with Gasteiger partial charge in [-0.15, -0.1) is 0 Å². The number of phenols is 2. The second-order valence-corrected chi connectivity index (χ2v) is 5.55. The van der Waals surface area contributed by atoms with Crippen LogP contribution in [0.15, 0.2) is 48.5 Å². The summed E-state index contributed by atoms with van der Waals surface area (Å²) in [6.45, 7) is 3.90. The Morgan fingerprint density at radius 3 is 2.48 bits per heavy atom. The summed E-state index contributed by atoms with van der Waals surface area (Å²) in [4.78, 5) is 0. The van der Waals surface area contributed by atoms with Crippen molar-refractivity contribution in [3.63, 3.8) is 0 Å². The minimum atomic E-state index is 0.269. The largest absolute Gasteiger partial charge is 0.508 e. The Bertz CT molecular complexity index is 819. The third kappa shape index (κ3) is 2.45. The van der Waals surface area contributed by atoms with Gasteiger partial charge in [0.1, 0.15) is 11.5 Å². The van der Waals surface area contributed by atoms with Crippen molar-refractivity contribution < 1.29 is 10.2 Å². The first-order chi connectivity index (χ1) is 10.1. The molecule has 0 amide bonds. The Labute approximate surface area is 124 Å². The van der Waals surface area contributed by atoms with Gasteiger partial charge in [0.25, 0.3) is 0 Å². The molecule has 0 atom stereocenters. The maximum atomic E-state index is 10.4. The number of hydrogen-bond donors (Lipinski definition) is 2. The van der Waals surface area contributed by atoms with Crippen LogP contribution in [0.4, 0.5) is 0 Å². The van der Waals surface area contributed by atoms with Crippen LogP contribution < -0.4 is 0 Å². The highest BCUT2D eigenvalue weighted by Gasteiger charge is 2.12. The van der Waals surface area contributed by atoms with Gasteiger partial charge in [-0.25, -0.2) is 0 Å². The summed E-state index contributed by atoms with van der Waals surface area (Å²) in [6.07, 6.45) is 0.515. The minimum Gasteiger partial charge on any atom is -0.508 e. The van der Waals surface area contributed by atoms with Gasteiger partial charge in [-0.05, 0) is 47.9 Å². The maximum absolute atomic E-state index is 10.4. The lowest BCUT2D eigenvalue weighted by Crippen LogP contribution is -1.94. The number of rotatable bonds is 2. The molecule has 0 saturated heterocycles. The molecule has 0 fully saturated rings. The molecule has 3 rings (SSSR count). The van der Waals surface area contributed by atoms with Crippen molar-refractivity contribution in [1.29, 1.82) is 0 Å². The molecule has 21 heavy (non-hydrogen) atoms. The van der Waals surface area contributed by atoms with E-state index in [-0.39, 0.29) is 5.75 Å². The van der Waals surface area contributed by atoms with E-state index in [1.54, 1.807) is 6.07 Å². The molecule has 2 N–H and O–H groups in total. The molecule has 2 nitrogen and oxygen atoms in total. The molecule has 0 heterocycles. The van der Waals surface area contributed by atoms with E-state index in [4.69, 9.17) is 0 Å². The predicted octanol–water partition coefficient (Wildman–Crippen LogP) is 4.46. The summed E-state index contributed by atoms with van der Waals surface area (Å²) < 4.78 is 0. The van der Waals surface area contributed by atoms with Gasteiger partial charge in [-0.1, -0.05) is 42.0 Å². The Balaban J connectivity index is 2.20. The molecule has 3 aromatic carbocycles. The van der Waals surface area contributed by atoms with Crippen LogP contribution in [0.2, 0.25) is 0 Å². The standard InChI is InChI=1S/C19H18O2/c1-12-7-8-18(20)15(9-12)11-17-16-6-4-3-5-14(16)10-13(2)19(17)21/h3-10,20-21H,11H2,1-2H3. The number of phenolic OH excluding ortho intramolecular Hbond substituents is 2. The van der Waals surface area contributed by atoms with E-state index in [2.05, 4.69) is 0 Å². The van der Waals surface area contributed by atoms with Gasteiger partial charge < -0.3 is 10.2 Å². The number of fused-ring (bicyclic) bond motifs is 1. The summed E-state index contributed by atoms with van der Waals surface area (Å²) in [6, 6.07) is 15.6. The van der Waals surface area contributed by atoms with Crippen LogP contribution in [0, 0.1) is 13.8 Å². The Morgan fingerprint density at radius 2 is 1.67 bits per heavy atom. The third-order valence-corrected chi connectivity index (χ3v) is 3.92. The van der Waals surface area contributed by atoms with Crippen LogP contribution in [-0.4, -0.2) is 10.2 Å². The monoisotopic (exact) mass is 278 g/mol. The molecule has 0 aliphatic heterocycles. The molecule has 0 bridgehead atoms. The zero-order valence-corrected chi connectivity index (χ0v) is 12.2. The second-order valence-electron chi connectivity index (χ2n) is 5.55. The lowest BCUT2D eigenvalue weighted by molar-refractivity contribution is 0.461. The van der Waals surface area contributed by atoms with Crippen LogP contribution in [0.25, 0.3) is 10.8 Å². The van der Waals surface area contributed by atoms with Gasteiger partial charge in [0.15, 0.2) is 0 Å². The first-order valence-corrected chi connectivity index (χ1v) is 7.05. The van der Waals surface area contributed by atoms with Gasteiger partial charge in [0.05, 0.1) is 0 Å². The van der Waals surface area contributed by atoms with Crippen LogP contribution in [0.3, 0.4) is 0 Å². The summed E-state index contributed by atoms with van der Waals surface area (Å²) in [5, 5.41) is 22.6. The fraction of sp³-hybridized carbons (Fsp3) is 0.158. The van der Waals surface area contributed by atoms with Crippen molar-refractivity contribution in [2.24, 2.45) is 0 Å². The maximum Gasteiger partial charge on any atom is 0.122 e. The highest BCUT2D eigenvalue weighted by atomic mass is 16.3.